The summed E-state index contributed by atoms with van der Waals surface area (Å²) in [7, 11) is 3.75. The molecular weight excluding hydrogens is 208 g/mol. The average Bonchev–Trinajstić information content (AvgIpc) is 2.09. The molecule has 0 aliphatic rings. The van der Waals surface area contributed by atoms with Crippen LogP contribution >= 0.6 is 0 Å². The van der Waals surface area contributed by atoms with Crippen LogP contribution in [-0.2, 0) is 9.59 Å². The molecular formula is C11H23N2O3+. The van der Waals surface area contributed by atoms with Gasteiger partial charge in [0.2, 0.25) is 5.91 Å². The molecule has 0 unspecified atom stereocenters. The van der Waals surface area contributed by atoms with Gasteiger partial charge in [-0.25, -0.2) is 4.79 Å². The molecule has 0 aromatic rings. The zero-order valence-electron chi connectivity index (χ0n) is 10.6. The molecule has 0 saturated heterocycles. The Morgan fingerprint density at radius 1 is 1.31 bits per heavy atom. The van der Waals surface area contributed by atoms with Gasteiger partial charge in [0.05, 0.1) is 20.6 Å². The van der Waals surface area contributed by atoms with E-state index in [4.69, 9.17) is 5.11 Å². The van der Waals surface area contributed by atoms with Gasteiger partial charge >= 0.3 is 5.97 Å². The Kier molecular flexibility index (Phi) is 6.03. The highest BCUT2D eigenvalue weighted by Crippen LogP contribution is 1.98. The van der Waals surface area contributed by atoms with Crippen LogP contribution in [0.2, 0.25) is 0 Å². The molecule has 0 saturated carbocycles. The number of hydrogen-bond donors (Lipinski definition) is 2. The number of amides is 1. The third-order valence-electron chi connectivity index (χ3n) is 2.33. The van der Waals surface area contributed by atoms with Crippen LogP contribution in [0.5, 0.6) is 0 Å². The molecule has 0 aliphatic carbocycles. The van der Waals surface area contributed by atoms with E-state index in [0.717, 1.165) is 13.0 Å². The predicted octanol–water partition coefficient (Wildman–Crippen LogP) is 0.310. The van der Waals surface area contributed by atoms with E-state index in [1.807, 2.05) is 27.9 Å². The first-order valence-corrected chi connectivity index (χ1v) is 5.56. The molecule has 5 nitrogen and oxygen atoms in total. The normalized spacial score (nSPS) is 11.6. The lowest BCUT2D eigenvalue weighted by atomic mass is 10.2. The van der Waals surface area contributed by atoms with Gasteiger partial charge in [-0.1, -0.05) is 13.8 Å². The van der Waals surface area contributed by atoms with Crippen molar-refractivity contribution in [3.05, 3.63) is 0 Å². The summed E-state index contributed by atoms with van der Waals surface area (Å²) in [6.45, 7) is 5.15. The van der Waals surface area contributed by atoms with E-state index in [0.29, 0.717) is 11.0 Å². The van der Waals surface area contributed by atoms with Crippen molar-refractivity contribution in [3.8, 4) is 0 Å². The molecule has 0 aromatic heterocycles. The first kappa shape index (κ1) is 14.9. The summed E-state index contributed by atoms with van der Waals surface area (Å²) in [5, 5.41) is 11.5. The Morgan fingerprint density at radius 3 is 2.31 bits per heavy atom. The average molecular weight is 231 g/mol. The fourth-order valence-corrected chi connectivity index (χ4v) is 1.37. The van der Waals surface area contributed by atoms with Gasteiger partial charge in [-0.2, -0.15) is 0 Å². The van der Waals surface area contributed by atoms with Gasteiger partial charge in [-0.15, -0.1) is 0 Å². The smallest absolute Gasteiger partial charge is 0.359 e. The highest BCUT2D eigenvalue weighted by Gasteiger charge is 2.18. The van der Waals surface area contributed by atoms with Crippen molar-refractivity contribution in [3.63, 3.8) is 0 Å². The molecule has 2 N–H and O–H groups in total. The molecule has 0 rings (SSSR count). The standard InChI is InChI=1S/C11H22N2O3/c1-9(2)11(16)12-6-5-7-13(3,4)8-10(14)15/h9H,5-8H2,1-4H3,(H-,12,14,15,16)/p+1. The Labute approximate surface area is 97.0 Å². The number of nitrogens with one attached hydrogen (secondary N) is 1. The second-order valence-electron chi connectivity index (χ2n) is 5.01. The third-order valence-corrected chi connectivity index (χ3v) is 2.33. The second-order valence-corrected chi connectivity index (χ2v) is 5.01. The molecule has 5 heteroatoms. The zero-order chi connectivity index (χ0) is 12.8. The molecule has 94 valence electrons. The highest BCUT2D eigenvalue weighted by atomic mass is 16.4. The number of nitrogens with zero attached hydrogens (tertiary/aromatic N) is 1. The number of carboxylic acids is 1. The minimum absolute atomic E-state index is 0.00141. The highest BCUT2D eigenvalue weighted by molar-refractivity contribution is 5.77. The Morgan fingerprint density at radius 2 is 1.88 bits per heavy atom. The maximum Gasteiger partial charge on any atom is 0.359 e. The lowest BCUT2D eigenvalue weighted by Gasteiger charge is -2.27. The Balaban J connectivity index is 3.73. The van der Waals surface area contributed by atoms with Crippen molar-refractivity contribution >= 4 is 11.9 Å². The summed E-state index contributed by atoms with van der Waals surface area (Å²) in [6, 6.07) is 0. The number of carbonyl (C=O) groups excluding carboxylic acids is 1. The molecule has 0 bridgehead atoms. The van der Waals surface area contributed by atoms with Gasteiger partial charge in [0, 0.05) is 18.9 Å². The van der Waals surface area contributed by atoms with Gasteiger partial charge < -0.3 is 14.9 Å². The topological polar surface area (TPSA) is 66.4 Å². The van der Waals surface area contributed by atoms with E-state index in [2.05, 4.69) is 5.32 Å². The number of quaternary nitrogens is 1. The molecule has 0 spiro atoms. The van der Waals surface area contributed by atoms with Crippen LogP contribution in [0.3, 0.4) is 0 Å². The zero-order valence-corrected chi connectivity index (χ0v) is 10.6. The van der Waals surface area contributed by atoms with Crippen LogP contribution in [-0.4, -0.2) is 55.2 Å². The Hall–Kier alpha value is -1.10. The summed E-state index contributed by atoms with van der Waals surface area (Å²) >= 11 is 0. The van der Waals surface area contributed by atoms with Crippen LogP contribution in [0, 0.1) is 5.92 Å². The van der Waals surface area contributed by atoms with Crippen LogP contribution < -0.4 is 5.32 Å². The molecule has 0 radical (unpaired) electrons. The molecule has 0 aliphatic heterocycles. The third kappa shape index (κ3) is 7.23. The van der Waals surface area contributed by atoms with E-state index in [-0.39, 0.29) is 18.4 Å². The molecule has 0 heterocycles. The van der Waals surface area contributed by atoms with Gasteiger partial charge in [-0.3, -0.25) is 4.79 Å². The maximum atomic E-state index is 11.2. The summed E-state index contributed by atoms with van der Waals surface area (Å²) < 4.78 is 0.437. The van der Waals surface area contributed by atoms with Crippen LogP contribution in [0.1, 0.15) is 20.3 Å². The number of aliphatic carboxylic acids is 1. The number of carbonyl (C=O) groups is 2. The van der Waals surface area contributed by atoms with Gasteiger partial charge in [0.15, 0.2) is 6.54 Å². The SMILES string of the molecule is CC(C)C(=O)NCCC[N+](C)(C)CC(=O)O. The summed E-state index contributed by atoms with van der Waals surface area (Å²) in [5.74, 6) is -0.749. The molecule has 16 heavy (non-hydrogen) atoms. The van der Waals surface area contributed by atoms with Crippen molar-refractivity contribution in [2.24, 2.45) is 5.92 Å². The summed E-state index contributed by atoms with van der Waals surface area (Å²) in [6.07, 6.45) is 0.790. The van der Waals surface area contributed by atoms with E-state index in [1.54, 1.807) is 0 Å². The van der Waals surface area contributed by atoms with Crippen molar-refractivity contribution in [1.82, 2.24) is 5.32 Å². The van der Waals surface area contributed by atoms with Crippen molar-refractivity contribution in [1.29, 1.82) is 0 Å². The first-order chi connectivity index (χ1) is 7.24. The summed E-state index contributed by atoms with van der Waals surface area (Å²) in [4.78, 5) is 21.8. The fraction of sp³-hybridized carbons (Fsp3) is 0.818. The van der Waals surface area contributed by atoms with Crippen LogP contribution in [0.25, 0.3) is 0 Å². The quantitative estimate of drug-likeness (QED) is 0.489. The van der Waals surface area contributed by atoms with Crippen LogP contribution in [0.15, 0.2) is 0 Å². The molecule has 0 fully saturated rings. The molecule has 0 aromatic carbocycles. The minimum atomic E-state index is -0.795. The lowest BCUT2D eigenvalue weighted by molar-refractivity contribution is -0.883. The van der Waals surface area contributed by atoms with Gasteiger partial charge in [-0.05, 0) is 0 Å². The van der Waals surface area contributed by atoms with E-state index >= 15 is 0 Å². The first-order valence-electron chi connectivity index (χ1n) is 5.56. The van der Waals surface area contributed by atoms with Gasteiger partial charge in [0.25, 0.3) is 0 Å². The predicted molar refractivity (Wildman–Crippen MR) is 61.9 cm³/mol. The minimum Gasteiger partial charge on any atom is -0.477 e. The number of carboxylic acid groups (broad SMARTS) is 1. The fourth-order valence-electron chi connectivity index (χ4n) is 1.37. The molecule has 1 amide bonds. The summed E-state index contributed by atoms with van der Waals surface area (Å²) in [5.41, 5.74) is 0. The van der Waals surface area contributed by atoms with E-state index in [1.165, 1.54) is 0 Å². The number of hydrogen-bond acceptors (Lipinski definition) is 2. The Bertz CT molecular complexity index is 250. The number of likely N-dealkylation sites (N-methyl/N-ethyl adjacent to an activating group) is 1. The van der Waals surface area contributed by atoms with E-state index < -0.39 is 5.97 Å². The van der Waals surface area contributed by atoms with Crippen molar-refractivity contribution in [2.45, 2.75) is 20.3 Å². The number of rotatable bonds is 7. The monoisotopic (exact) mass is 231 g/mol. The molecule has 0 atom stereocenters. The maximum absolute atomic E-state index is 11.2. The second kappa shape index (κ2) is 6.48. The van der Waals surface area contributed by atoms with Crippen molar-refractivity contribution < 1.29 is 19.2 Å². The largest absolute Gasteiger partial charge is 0.477 e. The van der Waals surface area contributed by atoms with Crippen LogP contribution in [0.4, 0.5) is 0 Å². The lowest BCUT2D eigenvalue weighted by Crippen LogP contribution is -2.45. The van der Waals surface area contributed by atoms with Crippen molar-refractivity contribution in [2.75, 3.05) is 33.7 Å². The van der Waals surface area contributed by atoms with Gasteiger partial charge in [0.1, 0.15) is 0 Å². The van der Waals surface area contributed by atoms with E-state index in [9.17, 15) is 9.59 Å².